The van der Waals surface area contributed by atoms with E-state index in [2.05, 4.69) is 20.0 Å². The summed E-state index contributed by atoms with van der Waals surface area (Å²) in [6.07, 6.45) is 6.71. The van der Waals surface area contributed by atoms with Crippen molar-refractivity contribution < 1.29 is 36.3 Å². The summed E-state index contributed by atoms with van der Waals surface area (Å²) in [4.78, 5) is 35.0. The zero-order chi connectivity index (χ0) is 23.1. The number of hydrogen-bond acceptors (Lipinski definition) is 6. The maximum atomic E-state index is 10.5. The fourth-order valence-electron chi connectivity index (χ4n) is 2.91. The molecule has 0 aliphatic rings. The van der Waals surface area contributed by atoms with Crippen LogP contribution in [0.5, 0.6) is 0 Å². The minimum Gasteiger partial charge on any atom is -0.548 e. The number of carbonyl (C=O) groups is 2. The van der Waals surface area contributed by atoms with Crippen molar-refractivity contribution in [3.8, 4) is 0 Å². The van der Waals surface area contributed by atoms with E-state index in [4.69, 9.17) is 0 Å². The number of aromatic nitrogens is 2. The van der Waals surface area contributed by atoms with E-state index in [1.165, 1.54) is 13.8 Å². The Balaban J connectivity index is 0.000000227. The Morgan fingerprint density at radius 1 is 0.758 bits per heavy atom. The SMILES string of the molecule is C[C@H](N=Cc1c[nH]c2ccccc12)C(=O)[O-].C[C@H](N=Cc1c[nH]c2ccccc12)C(=O)[O-].[Ni+2]. The van der Waals surface area contributed by atoms with E-state index in [1.54, 1.807) is 24.8 Å². The second kappa shape index (κ2) is 11.8. The summed E-state index contributed by atoms with van der Waals surface area (Å²) in [5.74, 6) is -2.34. The molecule has 0 spiro atoms. The van der Waals surface area contributed by atoms with Crippen molar-refractivity contribution in [3.63, 3.8) is 0 Å². The van der Waals surface area contributed by atoms with Crippen LogP contribution in [0.15, 0.2) is 70.9 Å². The Kier molecular flexibility index (Phi) is 9.12. The third-order valence-electron chi connectivity index (χ3n) is 4.80. The molecule has 33 heavy (non-hydrogen) atoms. The average molecular weight is 489 g/mol. The van der Waals surface area contributed by atoms with Crippen LogP contribution < -0.4 is 10.2 Å². The fraction of sp³-hybridized carbons (Fsp3) is 0.167. The molecule has 0 aliphatic carbocycles. The topological polar surface area (TPSA) is 137 Å². The zero-order valence-corrected chi connectivity index (χ0v) is 18.9. The van der Waals surface area contributed by atoms with Crippen molar-refractivity contribution >= 4 is 46.2 Å². The van der Waals surface area contributed by atoms with Gasteiger partial charge in [0, 0.05) is 57.8 Å². The van der Waals surface area contributed by atoms with Crippen molar-refractivity contribution in [2.75, 3.05) is 0 Å². The summed E-state index contributed by atoms with van der Waals surface area (Å²) < 4.78 is 0. The Labute approximate surface area is 200 Å². The maximum Gasteiger partial charge on any atom is 2.00 e. The number of aromatic amines is 2. The molecule has 0 fully saturated rings. The minimum atomic E-state index is -1.17. The summed E-state index contributed by atoms with van der Waals surface area (Å²) in [6.45, 7) is 2.97. The standard InChI is InChI=1S/2C12H12N2O2.Ni/c2*1-8(12(15)16)13-6-9-7-14-11-5-3-2-4-10(9)11;/h2*2-8,14H,1H3,(H,15,16);/q;;+2/p-2/t2*8-;/m00./s1. The number of hydrogen-bond donors (Lipinski definition) is 2. The summed E-state index contributed by atoms with van der Waals surface area (Å²) in [5, 5.41) is 23.0. The first-order chi connectivity index (χ1) is 15.4. The fourth-order valence-corrected chi connectivity index (χ4v) is 2.91. The predicted octanol–water partition coefficient (Wildman–Crippen LogP) is 1.45. The predicted molar refractivity (Wildman–Crippen MR) is 121 cm³/mol. The van der Waals surface area contributed by atoms with Gasteiger partial charge in [0.15, 0.2) is 0 Å². The molecule has 4 rings (SSSR count). The number of carbonyl (C=O) groups excluding carboxylic acids is 2. The van der Waals surface area contributed by atoms with Crippen molar-refractivity contribution in [2.45, 2.75) is 25.9 Å². The molecule has 0 unspecified atom stereocenters. The summed E-state index contributed by atoms with van der Waals surface area (Å²) in [6, 6.07) is 13.9. The van der Waals surface area contributed by atoms with Gasteiger partial charge in [-0.1, -0.05) is 36.4 Å². The van der Waals surface area contributed by atoms with E-state index >= 15 is 0 Å². The third-order valence-corrected chi connectivity index (χ3v) is 4.80. The summed E-state index contributed by atoms with van der Waals surface area (Å²) >= 11 is 0. The van der Waals surface area contributed by atoms with Crippen LogP contribution in [-0.4, -0.2) is 46.4 Å². The van der Waals surface area contributed by atoms with Crippen LogP contribution in [0.25, 0.3) is 21.8 Å². The molecule has 2 N–H and O–H groups in total. The quantitative estimate of drug-likeness (QED) is 0.313. The second-order valence-corrected chi connectivity index (χ2v) is 7.13. The minimum absolute atomic E-state index is 0. The van der Waals surface area contributed by atoms with Gasteiger partial charge in [-0.15, -0.1) is 0 Å². The second-order valence-electron chi connectivity index (χ2n) is 7.13. The molecule has 4 aromatic rings. The van der Waals surface area contributed by atoms with E-state index in [-0.39, 0.29) is 16.5 Å². The number of para-hydroxylation sites is 2. The summed E-state index contributed by atoms with van der Waals surface area (Å²) in [7, 11) is 0. The van der Waals surface area contributed by atoms with Crippen LogP contribution in [0.2, 0.25) is 0 Å². The number of fused-ring (bicyclic) bond motifs is 2. The van der Waals surface area contributed by atoms with Crippen LogP contribution in [0.3, 0.4) is 0 Å². The van der Waals surface area contributed by atoms with Gasteiger partial charge in [0.05, 0.1) is 24.0 Å². The van der Waals surface area contributed by atoms with Gasteiger partial charge < -0.3 is 29.8 Å². The number of aliphatic imine (C=N–C) groups is 2. The molecule has 9 heteroatoms. The molecule has 0 saturated heterocycles. The molecule has 2 aromatic carbocycles. The Bertz CT molecular complexity index is 1190. The van der Waals surface area contributed by atoms with Crippen molar-refractivity contribution in [1.29, 1.82) is 0 Å². The molecule has 0 radical (unpaired) electrons. The van der Waals surface area contributed by atoms with Crippen LogP contribution >= 0.6 is 0 Å². The molecule has 0 aliphatic heterocycles. The van der Waals surface area contributed by atoms with E-state index in [1.807, 2.05) is 48.5 Å². The Morgan fingerprint density at radius 2 is 1.12 bits per heavy atom. The van der Waals surface area contributed by atoms with Gasteiger partial charge in [0.2, 0.25) is 0 Å². The number of nitrogens with one attached hydrogen (secondary N) is 2. The molecular weight excluding hydrogens is 467 g/mol. The number of H-pyrrole nitrogens is 2. The summed E-state index contributed by atoms with van der Waals surface area (Å²) in [5.41, 5.74) is 3.77. The van der Waals surface area contributed by atoms with Crippen molar-refractivity contribution in [1.82, 2.24) is 9.97 Å². The number of carboxylic acids is 2. The third kappa shape index (κ3) is 6.64. The largest absolute Gasteiger partial charge is 2.00 e. The maximum absolute atomic E-state index is 10.5. The van der Waals surface area contributed by atoms with Crippen molar-refractivity contribution in [2.24, 2.45) is 9.98 Å². The first-order valence-corrected chi connectivity index (χ1v) is 9.97. The molecule has 2 heterocycles. The number of nitrogens with zero attached hydrogens (tertiary/aromatic N) is 2. The van der Waals surface area contributed by atoms with Gasteiger partial charge in [-0.3, -0.25) is 9.98 Å². The van der Waals surface area contributed by atoms with Crippen LogP contribution in [0, 0.1) is 0 Å². The molecule has 2 atom stereocenters. The van der Waals surface area contributed by atoms with E-state index < -0.39 is 24.0 Å². The van der Waals surface area contributed by atoms with Gasteiger partial charge in [-0.05, 0) is 26.0 Å². The van der Waals surface area contributed by atoms with E-state index in [0.29, 0.717) is 0 Å². The molecule has 0 saturated carbocycles. The van der Waals surface area contributed by atoms with Crippen LogP contribution in [0.1, 0.15) is 25.0 Å². The molecule has 0 bridgehead atoms. The average Bonchev–Trinajstić information content (AvgIpc) is 3.40. The van der Waals surface area contributed by atoms with Gasteiger partial charge in [-0.2, -0.15) is 0 Å². The number of rotatable bonds is 6. The van der Waals surface area contributed by atoms with Gasteiger partial charge >= 0.3 is 16.5 Å². The monoisotopic (exact) mass is 488 g/mol. The number of aliphatic carboxylic acids is 2. The normalized spacial score (nSPS) is 12.9. The molecule has 172 valence electrons. The van der Waals surface area contributed by atoms with Gasteiger partial charge in [0.25, 0.3) is 0 Å². The van der Waals surface area contributed by atoms with E-state index in [9.17, 15) is 19.8 Å². The smallest absolute Gasteiger partial charge is 0.548 e. The molecule has 8 nitrogen and oxygen atoms in total. The Hall–Kier alpha value is -3.71. The van der Waals surface area contributed by atoms with Crippen LogP contribution in [-0.2, 0) is 26.1 Å². The van der Waals surface area contributed by atoms with Gasteiger partial charge in [0.1, 0.15) is 0 Å². The van der Waals surface area contributed by atoms with E-state index in [0.717, 1.165) is 32.9 Å². The van der Waals surface area contributed by atoms with Gasteiger partial charge in [-0.25, -0.2) is 0 Å². The molecule has 2 aromatic heterocycles. The number of benzene rings is 2. The number of carboxylic acid groups (broad SMARTS) is 2. The first kappa shape index (κ1) is 25.6. The first-order valence-electron chi connectivity index (χ1n) is 9.97. The zero-order valence-electron chi connectivity index (χ0n) is 17.9. The van der Waals surface area contributed by atoms with Crippen LogP contribution in [0.4, 0.5) is 0 Å². The van der Waals surface area contributed by atoms with Crippen molar-refractivity contribution in [3.05, 3.63) is 72.1 Å². The molecular formula is C24H22N4NiO4. The Morgan fingerprint density at radius 3 is 1.48 bits per heavy atom. The molecule has 0 amide bonds.